The van der Waals surface area contributed by atoms with Gasteiger partial charge in [0.25, 0.3) is 5.54 Å². The minimum Gasteiger partial charge on any atom is -0.391 e. The molecule has 1 aromatic carbocycles. The van der Waals surface area contributed by atoms with Crippen LogP contribution in [-0.4, -0.2) is 63.8 Å². The Morgan fingerprint density at radius 2 is 1.86 bits per heavy atom. The van der Waals surface area contributed by atoms with E-state index in [9.17, 15) is 34.9 Å². The van der Waals surface area contributed by atoms with E-state index >= 15 is 0 Å². The number of nitrogens with zero attached hydrogens (tertiary/aromatic N) is 2. The highest BCUT2D eigenvalue weighted by Gasteiger charge is 2.76. The van der Waals surface area contributed by atoms with Gasteiger partial charge in [0.2, 0.25) is 5.78 Å². The number of hydrogen-bond acceptors (Lipinski definition) is 7. The minimum absolute atomic E-state index is 0.0334. The summed E-state index contributed by atoms with van der Waals surface area (Å²) in [6, 6.07) is 8.00. The van der Waals surface area contributed by atoms with Crippen LogP contribution in [-0.2, 0) is 4.79 Å². The third kappa shape index (κ3) is 2.90. The Labute approximate surface area is 159 Å². The van der Waals surface area contributed by atoms with Crippen LogP contribution in [0, 0.1) is 26.1 Å². The number of carbonyl (C=O) groups is 2. The average molecular weight is 390 g/mol. The molecule has 2 aliphatic rings. The number of nitrogens with one attached hydrogen (secondary N) is 1. The number of benzene rings is 1. The normalized spacial score (nSPS) is 31.4. The van der Waals surface area contributed by atoms with Gasteiger partial charge < -0.3 is 10.0 Å². The second-order valence-electron chi connectivity index (χ2n) is 7.25. The van der Waals surface area contributed by atoms with E-state index in [4.69, 9.17) is 0 Å². The third-order valence-corrected chi connectivity index (χ3v) is 5.80. The Morgan fingerprint density at radius 3 is 2.43 bits per heavy atom. The number of aliphatic hydroxyl groups is 1. The predicted molar refractivity (Wildman–Crippen MR) is 95.1 cm³/mol. The zero-order valence-electron chi connectivity index (χ0n) is 14.9. The zero-order chi connectivity index (χ0) is 20.5. The molecule has 2 bridgehead atoms. The van der Waals surface area contributed by atoms with Crippen molar-refractivity contribution in [3.05, 3.63) is 68.3 Å². The molecule has 3 rings (SSSR count). The SMILES string of the molecule is O=C(C[C@@H]1[C@]2([N+](=O)[O-])C[NH+](CCO)C[C@]1([N+](=O)[O-])C=CC2=O)c1ccccc1. The molecule has 1 aromatic rings. The van der Waals surface area contributed by atoms with Crippen molar-refractivity contribution in [1.29, 1.82) is 0 Å². The van der Waals surface area contributed by atoms with Gasteiger partial charge >= 0.3 is 5.54 Å². The van der Waals surface area contributed by atoms with Gasteiger partial charge in [-0.05, 0) is 6.08 Å². The molecule has 148 valence electrons. The smallest absolute Gasteiger partial charge is 0.340 e. The number of hydrogen-bond donors (Lipinski definition) is 2. The van der Waals surface area contributed by atoms with E-state index in [1.54, 1.807) is 18.2 Å². The zero-order valence-corrected chi connectivity index (χ0v) is 14.9. The van der Waals surface area contributed by atoms with Crippen LogP contribution < -0.4 is 4.90 Å². The Balaban J connectivity index is 2.12. The molecule has 0 spiro atoms. The lowest BCUT2D eigenvalue weighted by Crippen LogP contribution is -3.19. The fourth-order valence-electron chi connectivity index (χ4n) is 4.44. The van der Waals surface area contributed by atoms with Gasteiger partial charge in [0.05, 0.1) is 6.61 Å². The molecule has 1 aliphatic carbocycles. The topological polar surface area (TPSA) is 145 Å². The van der Waals surface area contributed by atoms with Crippen molar-refractivity contribution >= 4 is 11.6 Å². The number of aliphatic hydroxyl groups excluding tert-OH is 1. The Kier molecular flexibility index (Phi) is 5.09. The quantitative estimate of drug-likeness (QED) is 0.343. The summed E-state index contributed by atoms with van der Waals surface area (Å²) in [6.07, 6.45) is 1.51. The van der Waals surface area contributed by atoms with Gasteiger partial charge in [0, 0.05) is 27.9 Å². The lowest BCUT2D eigenvalue weighted by Gasteiger charge is -2.45. The largest absolute Gasteiger partial charge is 0.391 e. The first kappa shape index (κ1) is 19.8. The summed E-state index contributed by atoms with van der Waals surface area (Å²) < 4.78 is 0. The number of likely N-dealkylation sites (tertiary alicyclic amines) is 1. The summed E-state index contributed by atoms with van der Waals surface area (Å²) >= 11 is 0. The molecule has 10 nitrogen and oxygen atoms in total. The first-order valence-electron chi connectivity index (χ1n) is 8.83. The van der Waals surface area contributed by atoms with Crippen molar-refractivity contribution in [2.75, 3.05) is 26.2 Å². The molecule has 0 saturated carbocycles. The monoisotopic (exact) mass is 390 g/mol. The second-order valence-corrected chi connectivity index (χ2v) is 7.25. The van der Waals surface area contributed by atoms with Crippen molar-refractivity contribution < 1.29 is 29.4 Å². The van der Waals surface area contributed by atoms with E-state index in [2.05, 4.69) is 0 Å². The third-order valence-electron chi connectivity index (χ3n) is 5.80. The number of Topliss-reactive ketones (excluding diaryl/α,β-unsaturated/α-hetero) is 1. The highest BCUT2D eigenvalue weighted by Crippen LogP contribution is 2.42. The van der Waals surface area contributed by atoms with Crippen molar-refractivity contribution in [3.63, 3.8) is 0 Å². The number of quaternary nitrogens is 1. The molecule has 1 fully saturated rings. The molecule has 0 aromatic heterocycles. The summed E-state index contributed by atoms with van der Waals surface area (Å²) in [5, 5.41) is 33.4. The van der Waals surface area contributed by atoms with Crippen molar-refractivity contribution in [2.45, 2.75) is 17.5 Å². The summed E-state index contributed by atoms with van der Waals surface area (Å²) in [7, 11) is 0. The maximum absolute atomic E-state index is 12.8. The number of ketones is 2. The Bertz CT molecular complexity index is 856. The molecule has 1 unspecified atom stereocenters. The number of fused-ring (bicyclic) bond motifs is 2. The van der Waals surface area contributed by atoms with Crippen LogP contribution in [0.15, 0.2) is 42.5 Å². The van der Waals surface area contributed by atoms with Crippen LogP contribution in [0.2, 0.25) is 0 Å². The molecule has 0 radical (unpaired) electrons. The average Bonchev–Trinajstić information content (AvgIpc) is 2.66. The number of piperidine rings is 1. The van der Waals surface area contributed by atoms with E-state index in [1.807, 2.05) is 0 Å². The lowest BCUT2D eigenvalue weighted by atomic mass is 9.60. The summed E-state index contributed by atoms with van der Waals surface area (Å²) in [5.74, 6) is -2.76. The molecule has 10 heteroatoms. The van der Waals surface area contributed by atoms with Crippen LogP contribution in [0.25, 0.3) is 0 Å². The van der Waals surface area contributed by atoms with E-state index in [0.717, 1.165) is 12.2 Å². The summed E-state index contributed by atoms with van der Waals surface area (Å²) in [4.78, 5) is 48.6. The number of carbonyl (C=O) groups excluding carboxylic acids is 2. The van der Waals surface area contributed by atoms with Crippen molar-refractivity contribution in [2.24, 2.45) is 5.92 Å². The number of nitro groups is 2. The molecule has 28 heavy (non-hydrogen) atoms. The highest BCUT2D eigenvalue weighted by atomic mass is 16.6. The van der Waals surface area contributed by atoms with E-state index in [0.29, 0.717) is 4.90 Å². The molecule has 0 amide bonds. The Hall–Kier alpha value is -2.98. The minimum atomic E-state index is -2.28. The van der Waals surface area contributed by atoms with Gasteiger partial charge in [-0.3, -0.25) is 29.8 Å². The van der Waals surface area contributed by atoms with Crippen molar-refractivity contribution in [3.8, 4) is 0 Å². The van der Waals surface area contributed by atoms with Crippen LogP contribution in [0.3, 0.4) is 0 Å². The first-order valence-corrected chi connectivity index (χ1v) is 8.83. The molecule has 1 heterocycles. The molecular weight excluding hydrogens is 370 g/mol. The van der Waals surface area contributed by atoms with Gasteiger partial charge in [-0.2, -0.15) is 0 Å². The maximum Gasteiger partial charge on any atom is 0.340 e. The van der Waals surface area contributed by atoms with Gasteiger partial charge in [-0.15, -0.1) is 0 Å². The van der Waals surface area contributed by atoms with Crippen LogP contribution in [0.1, 0.15) is 16.8 Å². The predicted octanol–water partition coefficient (Wildman–Crippen LogP) is -1.06. The van der Waals surface area contributed by atoms with Crippen LogP contribution in [0.4, 0.5) is 0 Å². The second kappa shape index (κ2) is 7.21. The highest BCUT2D eigenvalue weighted by molar-refractivity contribution is 6.01. The van der Waals surface area contributed by atoms with Crippen molar-refractivity contribution in [1.82, 2.24) is 0 Å². The van der Waals surface area contributed by atoms with E-state index < -0.39 is 44.8 Å². The van der Waals surface area contributed by atoms with Crippen LogP contribution in [0.5, 0.6) is 0 Å². The fraction of sp³-hybridized carbons (Fsp3) is 0.444. The molecule has 1 saturated heterocycles. The lowest BCUT2D eigenvalue weighted by molar-refractivity contribution is -0.943. The molecule has 4 atom stereocenters. The van der Waals surface area contributed by atoms with Gasteiger partial charge in [-0.1, -0.05) is 30.3 Å². The number of rotatable bonds is 7. The van der Waals surface area contributed by atoms with Gasteiger partial charge in [0.1, 0.15) is 12.5 Å². The van der Waals surface area contributed by atoms with E-state index in [1.165, 1.54) is 12.1 Å². The van der Waals surface area contributed by atoms with Crippen LogP contribution >= 0.6 is 0 Å². The van der Waals surface area contributed by atoms with Gasteiger partial charge in [-0.25, -0.2) is 0 Å². The molecular formula is C18H20N3O7+. The van der Waals surface area contributed by atoms with Gasteiger partial charge in [0.15, 0.2) is 18.9 Å². The fourth-order valence-corrected chi connectivity index (χ4v) is 4.44. The molecule has 1 aliphatic heterocycles. The summed E-state index contributed by atoms with van der Waals surface area (Å²) in [5.41, 5.74) is -3.94. The standard InChI is InChI=1S/C18H19N3O7/c22-9-8-19-11-17(20(25)26)7-6-16(24)18(12-19,21(27)28)15(17)10-14(23)13-4-2-1-3-5-13/h1-7,15,22H,8-12H2/p+1/t15-,17+,18+/m0/s1. The molecule has 2 N–H and O–H groups in total. The van der Waals surface area contributed by atoms with E-state index in [-0.39, 0.29) is 31.8 Å². The maximum atomic E-state index is 12.8. The summed E-state index contributed by atoms with van der Waals surface area (Å²) in [6.45, 7) is -0.757. The first-order chi connectivity index (χ1) is 13.3. The Morgan fingerprint density at radius 1 is 1.18 bits per heavy atom.